The first-order valence-corrected chi connectivity index (χ1v) is 9.05. The van der Waals surface area contributed by atoms with Crippen molar-refractivity contribution in [1.29, 1.82) is 0 Å². The number of methoxy groups -OCH3 is 1. The maximum Gasteiger partial charge on any atom is 0.233 e. The highest BCUT2D eigenvalue weighted by Crippen LogP contribution is 2.23. The maximum absolute atomic E-state index is 13.8. The van der Waals surface area contributed by atoms with Crippen LogP contribution in [0.15, 0.2) is 45.2 Å². The number of hydrogen-bond acceptors (Lipinski definition) is 5. The van der Waals surface area contributed by atoms with Crippen LogP contribution >= 0.6 is 0 Å². The van der Waals surface area contributed by atoms with Crippen LogP contribution in [0.25, 0.3) is 0 Å². The smallest absolute Gasteiger partial charge is 0.233 e. The fourth-order valence-electron chi connectivity index (χ4n) is 2.75. The molecule has 1 heterocycles. The first-order chi connectivity index (χ1) is 12.8. The van der Waals surface area contributed by atoms with Crippen molar-refractivity contribution in [3.63, 3.8) is 0 Å². The predicted molar refractivity (Wildman–Crippen MR) is 103 cm³/mol. The Morgan fingerprint density at radius 3 is 2.74 bits per heavy atom. The number of rotatable bonds is 8. The molecule has 6 nitrogen and oxygen atoms in total. The van der Waals surface area contributed by atoms with Gasteiger partial charge in [-0.2, -0.15) is 9.50 Å². The van der Waals surface area contributed by atoms with Crippen LogP contribution < -0.4 is 0 Å². The number of carbonyl (C=O) groups excluding carboxylic acids is 1. The molecule has 0 aromatic heterocycles. The molecule has 0 spiro atoms. The minimum absolute atomic E-state index is 0.0619. The van der Waals surface area contributed by atoms with E-state index in [0.29, 0.717) is 37.2 Å². The number of nitrogens with zero attached hydrogens (tertiary/aromatic N) is 4. The summed E-state index contributed by atoms with van der Waals surface area (Å²) in [6.45, 7) is 8.13. The fourth-order valence-corrected chi connectivity index (χ4v) is 2.75. The highest BCUT2D eigenvalue weighted by atomic mass is 19.1. The Hall–Kier alpha value is -2.41. The molecular formula is C20H27FN4O2. The summed E-state index contributed by atoms with van der Waals surface area (Å²) in [6.07, 6.45) is 2.83. The zero-order chi connectivity index (χ0) is 20.0. The Balaban J connectivity index is 2.10. The predicted octanol–water partition coefficient (Wildman–Crippen LogP) is 4.80. The van der Waals surface area contributed by atoms with Crippen molar-refractivity contribution in [2.24, 2.45) is 15.3 Å². The molecule has 0 radical (unpaired) electrons. The number of ketones is 1. The molecular weight excluding hydrogens is 347 g/mol. The quantitative estimate of drug-likeness (QED) is 0.284. The molecule has 1 aliphatic rings. The zero-order valence-corrected chi connectivity index (χ0v) is 16.6. The van der Waals surface area contributed by atoms with Gasteiger partial charge in [0, 0.05) is 25.4 Å². The third-order valence-corrected chi connectivity index (χ3v) is 4.58. The molecule has 1 aliphatic heterocycles. The number of aryl methyl sites for hydroxylation is 1. The molecule has 0 saturated heterocycles. The number of benzene rings is 1. The molecule has 0 bridgehead atoms. The summed E-state index contributed by atoms with van der Waals surface area (Å²) in [6, 6.07) is 5.56. The minimum atomic E-state index is -0.867. The summed E-state index contributed by atoms with van der Waals surface area (Å²) in [4.78, 5) is 16.3. The first-order valence-electron chi connectivity index (χ1n) is 9.05. The number of halogens is 1. The van der Waals surface area contributed by atoms with E-state index in [-0.39, 0.29) is 5.78 Å². The summed E-state index contributed by atoms with van der Waals surface area (Å²) in [7, 11) is 1.53. The van der Waals surface area contributed by atoms with Gasteiger partial charge in [-0.1, -0.05) is 23.4 Å². The van der Waals surface area contributed by atoms with Crippen LogP contribution in [0, 0.1) is 6.92 Å². The molecule has 146 valence electrons. The van der Waals surface area contributed by atoms with Crippen molar-refractivity contribution in [2.45, 2.75) is 52.7 Å². The van der Waals surface area contributed by atoms with Crippen molar-refractivity contribution in [3.8, 4) is 0 Å². The Kier molecular flexibility index (Phi) is 6.96. The average Bonchev–Trinajstić information content (AvgIpc) is 2.65. The number of Topliss-reactive ketones (excluding diaryl/α,β-unsaturated/α-hetero) is 1. The van der Waals surface area contributed by atoms with Crippen molar-refractivity contribution >= 4 is 12.0 Å². The lowest BCUT2D eigenvalue weighted by Crippen LogP contribution is -2.34. The monoisotopic (exact) mass is 374 g/mol. The average molecular weight is 374 g/mol. The number of allylic oxidation sites excluding steroid dienone is 1. The third kappa shape index (κ3) is 5.07. The van der Waals surface area contributed by atoms with Gasteiger partial charge < -0.3 is 4.74 Å². The zero-order valence-electron chi connectivity index (χ0n) is 16.6. The standard InChI is InChI=1S/C20H27FN4O2/c1-6-25(17-8-7-11-22-19(17)21)24-23-13-15-9-10-16(14(2)12-15)18(26)20(3,4)27-5/h9-12H,6-8,13H2,1-5H3. The Morgan fingerprint density at radius 1 is 1.41 bits per heavy atom. The molecule has 0 N–H and O–H groups in total. The van der Waals surface area contributed by atoms with E-state index in [1.165, 1.54) is 12.1 Å². The largest absolute Gasteiger partial charge is 0.371 e. The summed E-state index contributed by atoms with van der Waals surface area (Å²) >= 11 is 0. The second kappa shape index (κ2) is 8.99. The SMILES string of the molecule is CCN(N=NCc1ccc(C(=O)C(C)(C)OC)c(C)c1)C1=C(F)N=CCC1. The highest BCUT2D eigenvalue weighted by Gasteiger charge is 2.29. The van der Waals surface area contributed by atoms with Crippen LogP contribution in [0.4, 0.5) is 4.39 Å². The van der Waals surface area contributed by atoms with Crippen molar-refractivity contribution in [3.05, 3.63) is 46.5 Å². The minimum Gasteiger partial charge on any atom is -0.371 e. The Labute approximate surface area is 159 Å². The van der Waals surface area contributed by atoms with Gasteiger partial charge in [-0.3, -0.25) is 4.79 Å². The van der Waals surface area contributed by atoms with Gasteiger partial charge >= 0.3 is 0 Å². The van der Waals surface area contributed by atoms with E-state index < -0.39 is 11.6 Å². The van der Waals surface area contributed by atoms with Crippen molar-refractivity contribution < 1.29 is 13.9 Å². The van der Waals surface area contributed by atoms with Gasteiger partial charge in [0.15, 0.2) is 5.78 Å². The molecule has 0 unspecified atom stereocenters. The van der Waals surface area contributed by atoms with E-state index in [1.807, 2.05) is 26.0 Å². The van der Waals surface area contributed by atoms with Crippen LogP contribution in [0.3, 0.4) is 0 Å². The fraction of sp³-hybridized carbons (Fsp3) is 0.500. The van der Waals surface area contributed by atoms with E-state index in [0.717, 1.165) is 11.1 Å². The number of ether oxygens (including phenoxy) is 1. The topological polar surface area (TPSA) is 66.6 Å². The molecule has 27 heavy (non-hydrogen) atoms. The van der Waals surface area contributed by atoms with Crippen molar-refractivity contribution in [2.75, 3.05) is 13.7 Å². The second-order valence-electron chi connectivity index (χ2n) is 6.89. The van der Waals surface area contributed by atoms with Gasteiger partial charge in [-0.25, -0.2) is 10.0 Å². The van der Waals surface area contributed by atoms with Crippen LogP contribution in [-0.2, 0) is 11.3 Å². The summed E-state index contributed by atoms with van der Waals surface area (Å²) in [5.74, 6) is -0.561. The van der Waals surface area contributed by atoms with Gasteiger partial charge in [0.1, 0.15) is 5.60 Å². The summed E-state index contributed by atoms with van der Waals surface area (Å²) < 4.78 is 19.1. The lowest BCUT2D eigenvalue weighted by Gasteiger charge is -2.22. The third-order valence-electron chi connectivity index (χ3n) is 4.58. The molecule has 1 aromatic rings. The van der Waals surface area contributed by atoms with Gasteiger partial charge in [0.2, 0.25) is 5.95 Å². The molecule has 0 aliphatic carbocycles. The van der Waals surface area contributed by atoms with E-state index >= 15 is 0 Å². The van der Waals surface area contributed by atoms with E-state index in [2.05, 4.69) is 15.3 Å². The lowest BCUT2D eigenvalue weighted by molar-refractivity contribution is 0.0227. The number of hydrogen-bond donors (Lipinski definition) is 0. The van der Waals surface area contributed by atoms with Gasteiger partial charge in [0.05, 0.1) is 12.2 Å². The second-order valence-corrected chi connectivity index (χ2v) is 6.89. The maximum atomic E-state index is 13.8. The van der Waals surface area contributed by atoms with Gasteiger partial charge in [-0.05, 0) is 51.7 Å². The summed E-state index contributed by atoms with van der Waals surface area (Å²) in [5.41, 5.74) is 2.01. The van der Waals surface area contributed by atoms with E-state index in [4.69, 9.17) is 4.74 Å². The Morgan fingerprint density at radius 2 is 2.15 bits per heavy atom. The molecule has 0 saturated carbocycles. The van der Waals surface area contributed by atoms with Gasteiger partial charge in [-0.15, -0.1) is 0 Å². The van der Waals surface area contributed by atoms with Gasteiger partial charge in [0.25, 0.3) is 0 Å². The van der Waals surface area contributed by atoms with Crippen LogP contribution in [0.1, 0.15) is 55.1 Å². The molecule has 1 aromatic carbocycles. The highest BCUT2D eigenvalue weighted by molar-refractivity contribution is 6.03. The number of carbonyl (C=O) groups is 1. The number of aliphatic imine (C=N–C) groups is 1. The molecule has 7 heteroatoms. The summed E-state index contributed by atoms with van der Waals surface area (Å²) in [5, 5.41) is 9.88. The molecule has 0 atom stereocenters. The normalized spacial score (nSPS) is 14.9. The van der Waals surface area contributed by atoms with Crippen LogP contribution in [0.2, 0.25) is 0 Å². The van der Waals surface area contributed by atoms with Crippen molar-refractivity contribution in [1.82, 2.24) is 5.01 Å². The first kappa shape index (κ1) is 20.9. The van der Waals surface area contributed by atoms with Crippen LogP contribution in [-0.4, -0.2) is 36.3 Å². The molecule has 2 rings (SSSR count). The molecule has 0 amide bonds. The van der Waals surface area contributed by atoms with E-state index in [1.54, 1.807) is 26.1 Å². The van der Waals surface area contributed by atoms with Crippen LogP contribution in [0.5, 0.6) is 0 Å². The van der Waals surface area contributed by atoms with E-state index in [9.17, 15) is 9.18 Å². The lowest BCUT2D eigenvalue weighted by atomic mass is 9.92. The molecule has 0 fully saturated rings. The Bertz CT molecular complexity index is 784.